The number of hydrogen-bond acceptors (Lipinski definition) is 4. The van der Waals surface area contributed by atoms with Crippen LogP contribution in [0, 0.1) is 19.8 Å². The lowest BCUT2D eigenvalue weighted by atomic mass is 9.95. The van der Waals surface area contributed by atoms with Gasteiger partial charge in [-0.05, 0) is 63.0 Å². The molecule has 150 valence electrons. The van der Waals surface area contributed by atoms with Crippen molar-refractivity contribution in [3.05, 3.63) is 29.3 Å². The topological polar surface area (TPSA) is 53.1 Å². The molecule has 0 unspecified atom stereocenters. The Balaban J connectivity index is 1.70. The molecule has 0 aromatic heterocycles. The van der Waals surface area contributed by atoms with Gasteiger partial charge in [-0.2, -0.15) is 0 Å². The number of nitrogens with zero attached hydrogens (tertiary/aromatic N) is 3. The second kappa shape index (κ2) is 9.74. The number of carbonyl (C=O) groups is 2. The van der Waals surface area contributed by atoms with Crippen LogP contribution < -0.4 is 4.74 Å². The predicted octanol–water partition coefficient (Wildman–Crippen LogP) is 1.94. The van der Waals surface area contributed by atoms with Gasteiger partial charge in [-0.1, -0.05) is 6.07 Å². The molecule has 27 heavy (non-hydrogen) atoms. The van der Waals surface area contributed by atoms with Gasteiger partial charge in [0.2, 0.25) is 11.8 Å². The minimum Gasteiger partial charge on any atom is -0.492 e. The van der Waals surface area contributed by atoms with E-state index in [1.807, 2.05) is 33.0 Å². The summed E-state index contributed by atoms with van der Waals surface area (Å²) in [6.45, 7) is 7.12. The average molecular weight is 376 g/mol. The molecule has 1 aromatic rings. The van der Waals surface area contributed by atoms with Crippen LogP contribution in [0.15, 0.2) is 18.2 Å². The van der Waals surface area contributed by atoms with Gasteiger partial charge in [0.05, 0.1) is 13.1 Å². The van der Waals surface area contributed by atoms with E-state index in [0.717, 1.165) is 31.7 Å². The number of amides is 2. The van der Waals surface area contributed by atoms with Crippen molar-refractivity contribution < 1.29 is 14.3 Å². The summed E-state index contributed by atoms with van der Waals surface area (Å²) in [7, 11) is 5.41. The molecule has 1 aliphatic heterocycles. The Hall–Kier alpha value is -2.08. The van der Waals surface area contributed by atoms with Gasteiger partial charge in [-0.15, -0.1) is 0 Å². The first-order valence-corrected chi connectivity index (χ1v) is 9.65. The molecule has 0 N–H and O–H groups in total. The van der Waals surface area contributed by atoms with Gasteiger partial charge in [-0.25, -0.2) is 0 Å². The third-order valence-electron chi connectivity index (χ3n) is 5.05. The van der Waals surface area contributed by atoms with E-state index in [1.54, 1.807) is 23.9 Å². The zero-order valence-corrected chi connectivity index (χ0v) is 17.3. The molecule has 2 rings (SSSR count). The Bertz CT molecular complexity index is 632. The number of hydrogen-bond donors (Lipinski definition) is 0. The van der Waals surface area contributed by atoms with Crippen molar-refractivity contribution in [3.8, 4) is 5.75 Å². The van der Waals surface area contributed by atoms with Crippen LogP contribution in [-0.2, 0) is 9.59 Å². The van der Waals surface area contributed by atoms with Gasteiger partial charge in [0.15, 0.2) is 0 Å². The Morgan fingerprint density at radius 1 is 1.07 bits per heavy atom. The molecule has 1 aliphatic rings. The number of ether oxygens (including phenoxy) is 1. The van der Waals surface area contributed by atoms with Gasteiger partial charge < -0.3 is 14.5 Å². The van der Waals surface area contributed by atoms with Crippen molar-refractivity contribution in [1.82, 2.24) is 14.7 Å². The molecular weight excluding hydrogens is 342 g/mol. The summed E-state index contributed by atoms with van der Waals surface area (Å²) >= 11 is 0. The van der Waals surface area contributed by atoms with Gasteiger partial charge in [0.1, 0.15) is 12.4 Å². The van der Waals surface area contributed by atoms with E-state index in [4.69, 9.17) is 4.74 Å². The van der Waals surface area contributed by atoms with Gasteiger partial charge in [-0.3, -0.25) is 14.5 Å². The van der Waals surface area contributed by atoms with Crippen LogP contribution in [0.5, 0.6) is 5.75 Å². The van der Waals surface area contributed by atoms with E-state index in [0.29, 0.717) is 19.7 Å². The van der Waals surface area contributed by atoms with Crippen LogP contribution in [0.2, 0.25) is 0 Å². The van der Waals surface area contributed by atoms with Crippen LogP contribution in [0.3, 0.4) is 0 Å². The van der Waals surface area contributed by atoms with E-state index in [1.165, 1.54) is 11.1 Å². The molecule has 1 fully saturated rings. The Morgan fingerprint density at radius 2 is 1.67 bits per heavy atom. The summed E-state index contributed by atoms with van der Waals surface area (Å²) in [4.78, 5) is 30.0. The van der Waals surface area contributed by atoms with Gasteiger partial charge in [0, 0.05) is 27.1 Å². The minimum absolute atomic E-state index is 0.0928. The molecule has 6 heteroatoms. The van der Waals surface area contributed by atoms with Crippen LogP contribution in [-0.4, -0.2) is 80.4 Å². The number of benzene rings is 1. The third kappa shape index (κ3) is 6.54. The van der Waals surface area contributed by atoms with Crippen LogP contribution in [0.25, 0.3) is 0 Å². The highest BCUT2D eigenvalue weighted by Crippen LogP contribution is 2.19. The zero-order chi connectivity index (χ0) is 20.0. The van der Waals surface area contributed by atoms with E-state index in [-0.39, 0.29) is 17.7 Å². The maximum absolute atomic E-state index is 12.4. The summed E-state index contributed by atoms with van der Waals surface area (Å²) in [5.74, 6) is 1.23. The zero-order valence-electron chi connectivity index (χ0n) is 17.3. The quantitative estimate of drug-likeness (QED) is 0.731. The Morgan fingerprint density at radius 3 is 2.22 bits per heavy atom. The lowest BCUT2D eigenvalue weighted by molar-refractivity contribution is -0.135. The molecular formula is C21H33N3O3. The number of likely N-dealkylation sites (tertiary alicyclic amines) is 1. The molecule has 0 radical (unpaired) electrons. The second-order valence-electron chi connectivity index (χ2n) is 7.77. The van der Waals surface area contributed by atoms with E-state index in [2.05, 4.69) is 11.0 Å². The van der Waals surface area contributed by atoms with E-state index >= 15 is 0 Å². The summed E-state index contributed by atoms with van der Waals surface area (Å²) in [5.41, 5.74) is 2.34. The fraction of sp³-hybridized carbons (Fsp3) is 0.619. The van der Waals surface area contributed by atoms with Crippen LogP contribution >= 0.6 is 0 Å². The van der Waals surface area contributed by atoms with Crippen molar-refractivity contribution >= 4 is 11.8 Å². The van der Waals surface area contributed by atoms with Crippen LogP contribution in [0.4, 0.5) is 0 Å². The third-order valence-corrected chi connectivity index (χ3v) is 5.05. The highest BCUT2D eigenvalue weighted by molar-refractivity contribution is 5.79. The van der Waals surface area contributed by atoms with Gasteiger partial charge in [0.25, 0.3) is 0 Å². The number of aryl methyl sites for hydroxylation is 2. The number of piperidine rings is 1. The first-order chi connectivity index (χ1) is 12.8. The SMILES string of the molecule is Cc1cc(C)cc(OCCN(C)C(=O)CN2CCC(C(=O)N(C)C)CC2)c1. The fourth-order valence-electron chi connectivity index (χ4n) is 3.46. The van der Waals surface area contributed by atoms with Crippen molar-refractivity contribution in [3.63, 3.8) is 0 Å². The molecule has 1 saturated heterocycles. The number of rotatable bonds is 7. The summed E-state index contributed by atoms with van der Waals surface area (Å²) < 4.78 is 5.79. The normalized spacial score (nSPS) is 15.4. The highest BCUT2D eigenvalue weighted by atomic mass is 16.5. The molecule has 0 aliphatic carbocycles. The molecule has 2 amide bonds. The Kier molecular flexibility index (Phi) is 7.66. The molecule has 1 aromatic carbocycles. The highest BCUT2D eigenvalue weighted by Gasteiger charge is 2.27. The van der Waals surface area contributed by atoms with E-state index < -0.39 is 0 Å². The number of likely N-dealkylation sites (N-methyl/N-ethyl adjacent to an activating group) is 1. The largest absolute Gasteiger partial charge is 0.492 e. The molecule has 0 atom stereocenters. The maximum atomic E-state index is 12.4. The molecule has 1 heterocycles. The molecule has 0 saturated carbocycles. The van der Waals surface area contributed by atoms with Crippen molar-refractivity contribution in [1.29, 1.82) is 0 Å². The Labute approximate surface area is 163 Å². The first-order valence-electron chi connectivity index (χ1n) is 9.65. The first kappa shape index (κ1) is 21.2. The fourth-order valence-corrected chi connectivity index (χ4v) is 3.46. The molecule has 0 spiro atoms. The van der Waals surface area contributed by atoms with Gasteiger partial charge >= 0.3 is 0 Å². The average Bonchev–Trinajstić information content (AvgIpc) is 2.60. The van der Waals surface area contributed by atoms with Crippen molar-refractivity contribution in [2.24, 2.45) is 5.92 Å². The standard InChI is InChI=1S/C21H33N3O3/c1-16-12-17(2)14-19(13-16)27-11-10-23(5)20(25)15-24-8-6-18(7-9-24)21(26)22(3)4/h12-14,18H,6-11,15H2,1-5H3. The molecule has 6 nitrogen and oxygen atoms in total. The van der Waals surface area contributed by atoms with Crippen LogP contribution in [0.1, 0.15) is 24.0 Å². The van der Waals surface area contributed by atoms with Crippen molar-refractivity contribution in [2.45, 2.75) is 26.7 Å². The monoisotopic (exact) mass is 375 g/mol. The van der Waals surface area contributed by atoms with E-state index in [9.17, 15) is 9.59 Å². The summed E-state index contributed by atoms with van der Waals surface area (Å²) in [6.07, 6.45) is 1.65. The summed E-state index contributed by atoms with van der Waals surface area (Å²) in [5, 5.41) is 0. The molecule has 0 bridgehead atoms. The summed E-state index contributed by atoms with van der Waals surface area (Å²) in [6, 6.07) is 6.12. The minimum atomic E-state index is 0.0928. The predicted molar refractivity (Wildman–Crippen MR) is 107 cm³/mol. The smallest absolute Gasteiger partial charge is 0.236 e. The lowest BCUT2D eigenvalue weighted by Gasteiger charge is -2.32. The van der Waals surface area contributed by atoms with Crippen molar-refractivity contribution in [2.75, 3.05) is 53.9 Å². The number of carbonyl (C=O) groups excluding carboxylic acids is 2. The maximum Gasteiger partial charge on any atom is 0.236 e. The lowest BCUT2D eigenvalue weighted by Crippen LogP contribution is -2.45. The second-order valence-corrected chi connectivity index (χ2v) is 7.77.